The van der Waals surface area contributed by atoms with Gasteiger partial charge in [-0.1, -0.05) is 54.6 Å². The van der Waals surface area contributed by atoms with Crippen molar-refractivity contribution in [2.45, 2.75) is 77.1 Å². The molecule has 0 amide bonds. The first kappa shape index (κ1) is 29.3. The fourth-order valence-corrected chi connectivity index (χ4v) is 9.52. The van der Waals surface area contributed by atoms with Gasteiger partial charge in [-0.3, -0.25) is 0 Å². The zero-order valence-corrected chi connectivity index (χ0v) is 24.5. The lowest BCUT2D eigenvalue weighted by atomic mass is 9.51. The summed E-state index contributed by atoms with van der Waals surface area (Å²) in [6.45, 7) is 0.840. The molecule has 8 rings (SSSR count). The molecule has 1 N–H and O–H groups in total. The zero-order chi connectivity index (χ0) is 29.4. The molecule has 4 aliphatic carbocycles. The number of aliphatic hydroxyl groups excluding tert-OH is 1. The molecule has 1 spiro atoms. The molecule has 3 aromatic carbocycles. The Morgan fingerprint density at radius 2 is 1.36 bits per heavy atom. The standard InChI is InChI=1S/C18H15S.C16H22F2O5/c1-4-10-16(11-5-1)19(17-12-6-2-7-13-17)18-14-8-3-9-15-18;1-14(17,18)13(20)23-15-4-9-2-10(5-15)16(11(3-9)6-15)21-8-12(7-19)22-16/h1-15H;9-12,19H,2-8H2,1H3/q+1;. The summed E-state index contributed by atoms with van der Waals surface area (Å²) in [6, 6.07) is 32.2. The van der Waals surface area contributed by atoms with Gasteiger partial charge in [-0.25, -0.2) is 4.79 Å². The van der Waals surface area contributed by atoms with E-state index in [9.17, 15) is 18.7 Å². The van der Waals surface area contributed by atoms with Crippen LogP contribution in [0.25, 0.3) is 0 Å². The van der Waals surface area contributed by atoms with E-state index in [2.05, 4.69) is 91.0 Å². The number of carbonyl (C=O) groups is 1. The van der Waals surface area contributed by atoms with E-state index < -0.39 is 23.3 Å². The summed E-state index contributed by atoms with van der Waals surface area (Å²) in [7, 11) is -0.0146. The molecule has 3 atom stereocenters. The van der Waals surface area contributed by atoms with Crippen LogP contribution in [-0.4, -0.2) is 47.7 Å². The van der Waals surface area contributed by atoms with Gasteiger partial charge >= 0.3 is 11.9 Å². The number of hydrogen-bond acceptors (Lipinski definition) is 5. The Bertz CT molecular complexity index is 1240. The Morgan fingerprint density at radius 3 is 1.76 bits per heavy atom. The molecule has 0 radical (unpaired) electrons. The summed E-state index contributed by atoms with van der Waals surface area (Å²) >= 11 is 0. The molecule has 4 bridgehead atoms. The Labute approximate surface area is 248 Å². The van der Waals surface area contributed by atoms with Crippen molar-refractivity contribution in [3.05, 3.63) is 91.0 Å². The minimum absolute atomic E-state index is 0.0146. The molecule has 1 heterocycles. The van der Waals surface area contributed by atoms with Crippen LogP contribution in [0.15, 0.2) is 106 Å². The number of ether oxygens (including phenoxy) is 3. The first-order valence-corrected chi connectivity index (χ1v) is 15.9. The topological polar surface area (TPSA) is 65.0 Å². The molecule has 5 nitrogen and oxygen atoms in total. The van der Waals surface area contributed by atoms with Gasteiger partial charge in [-0.2, -0.15) is 8.78 Å². The van der Waals surface area contributed by atoms with Gasteiger partial charge in [0.05, 0.1) is 24.1 Å². The quantitative estimate of drug-likeness (QED) is 0.255. The highest BCUT2D eigenvalue weighted by atomic mass is 32.2. The van der Waals surface area contributed by atoms with Crippen molar-refractivity contribution in [3.63, 3.8) is 0 Å². The van der Waals surface area contributed by atoms with Crippen LogP contribution in [0.4, 0.5) is 8.78 Å². The van der Waals surface area contributed by atoms with E-state index in [-0.39, 0.29) is 35.4 Å². The lowest BCUT2D eigenvalue weighted by Gasteiger charge is -2.62. The number of rotatable bonds is 6. The van der Waals surface area contributed by atoms with Crippen LogP contribution in [0.3, 0.4) is 0 Å². The van der Waals surface area contributed by atoms with E-state index in [1.165, 1.54) is 14.7 Å². The van der Waals surface area contributed by atoms with E-state index in [0.717, 1.165) is 12.8 Å². The normalized spacial score (nSPS) is 31.2. The van der Waals surface area contributed by atoms with Crippen LogP contribution in [0.5, 0.6) is 0 Å². The molecule has 222 valence electrons. The van der Waals surface area contributed by atoms with Crippen LogP contribution < -0.4 is 0 Å². The molecular weight excluding hydrogens is 558 g/mol. The van der Waals surface area contributed by atoms with E-state index in [1.807, 2.05) is 0 Å². The number of aliphatic hydroxyl groups is 1. The van der Waals surface area contributed by atoms with Crippen LogP contribution >= 0.6 is 0 Å². The molecule has 1 aliphatic heterocycles. The number of benzene rings is 3. The minimum atomic E-state index is -3.47. The monoisotopic (exact) mass is 595 g/mol. The Morgan fingerprint density at radius 1 is 0.881 bits per heavy atom. The van der Waals surface area contributed by atoms with E-state index in [0.29, 0.717) is 38.7 Å². The summed E-state index contributed by atoms with van der Waals surface area (Å²) in [5, 5.41) is 9.31. The van der Waals surface area contributed by atoms with Gasteiger partial charge < -0.3 is 19.3 Å². The average molecular weight is 596 g/mol. The number of alkyl halides is 2. The highest BCUT2D eigenvalue weighted by molar-refractivity contribution is 7.97. The molecular formula is C34H37F2O5S+. The van der Waals surface area contributed by atoms with Gasteiger partial charge in [0, 0.05) is 18.8 Å². The van der Waals surface area contributed by atoms with Crippen molar-refractivity contribution in [3.8, 4) is 0 Å². The van der Waals surface area contributed by atoms with Crippen LogP contribution in [0, 0.1) is 17.8 Å². The van der Waals surface area contributed by atoms with E-state index in [1.54, 1.807) is 0 Å². The Kier molecular flexibility index (Phi) is 8.17. The van der Waals surface area contributed by atoms with Crippen LogP contribution in [0.1, 0.15) is 39.0 Å². The molecule has 8 heteroatoms. The Balaban J connectivity index is 0.000000153. The Hall–Kier alpha value is -2.78. The number of esters is 1. The molecule has 3 aromatic rings. The highest BCUT2D eigenvalue weighted by Gasteiger charge is 2.67. The number of hydrogen-bond donors (Lipinski definition) is 1. The lowest BCUT2D eigenvalue weighted by Crippen LogP contribution is -2.65. The second-order valence-electron chi connectivity index (χ2n) is 12.0. The van der Waals surface area contributed by atoms with Crippen molar-refractivity contribution in [1.29, 1.82) is 0 Å². The first-order chi connectivity index (χ1) is 20.2. The van der Waals surface area contributed by atoms with Crippen molar-refractivity contribution in [2.75, 3.05) is 13.2 Å². The lowest BCUT2D eigenvalue weighted by molar-refractivity contribution is -0.322. The maximum Gasteiger partial charge on any atom is 0.377 e. The maximum absolute atomic E-state index is 13.2. The van der Waals surface area contributed by atoms with Crippen molar-refractivity contribution < 1.29 is 32.9 Å². The predicted molar refractivity (Wildman–Crippen MR) is 155 cm³/mol. The van der Waals surface area contributed by atoms with Crippen molar-refractivity contribution in [2.24, 2.45) is 17.8 Å². The smallest absolute Gasteiger partial charge is 0.377 e. The summed E-state index contributed by atoms with van der Waals surface area (Å²) < 4.78 is 43.8. The van der Waals surface area contributed by atoms with Gasteiger partial charge in [0.1, 0.15) is 11.7 Å². The summed E-state index contributed by atoms with van der Waals surface area (Å²) in [6.07, 6.45) is 3.12. The predicted octanol–water partition coefficient (Wildman–Crippen LogP) is 6.65. The van der Waals surface area contributed by atoms with E-state index >= 15 is 0 Å². The number of carbonyl (C=O) groups excluding carboxylic acids is 1. The molecule has 42 heavy (non-hydrogen) atoms. The largest absolute Gasteiger partial charge is 0.455 e. The van der Waals surface area contributed by atoms with Gasteiger partial charge in [-0.05, 0) is 74.4 Å². The van der Waals surface area contributed by atoms with Crippen LogP contribution in [0.2, 0.25) is 0 Å². The molecule has 5 aliphatic rings. The molecule has 4 saturated carbocycles. The SMILES string of the molecule is CC(F)(F)C(=O)OC12CC3CC(C1)C1(OCC(CO)O1)C(C3)C2.c1ccc([S+](c2ccccc2)c2ccccc2)cc1. The molecule has 3 unspecified atom stereocenters. The maximum atomic E-state index is 13.2. The van der Waals surface area contributed by atoms with Crippen molar-refractivity contribution >= 4 is 16.9 Å². The average Bonchev–Trinajstić information content (AvgIpc) is 3.43. The third kappa shape index (κ3) is 5.74. The fraction of sp³-hybridized carbons (Fsp3) is 0.441. The highest BCUT2D eigenvalue weighted by Crippen LogP contribution is 2.64. The van der Waals surface area contributed by atoms with Gasteiger partial charge in [0.15, 0.2) is 20.5 Å². The van der Waals surface area contributed by atoms with Gasteiger partial charge in [-0.15, -0.1) is 0 Å². The van der Waals surface area contributed by atoms with Crippen molar-refractivity contribution in [1.82, 2.24) is 0 Å². The van der Waals surface area contributed by atoms with Gasteiger partial charge in [0.25, 0.3) is 0 Å². The first-order valence-electron chi connectivity index (χ1n) is 14.6. The van der Waals surface area contributed by atoms with Crippen LogP contribution in [-0.2, 0) is 29.9 Å². The zero-order valence-electron chi connectivity index (χ0n) is 23.7. The molecule has 5 fully saturated rings. The third-order valence-corrected chi connectivity index (χ3v) is 11.2. The number of halogens is 2. The molecule has 0 aromatic heterocycles. The van der Waals surface area contributed by atoms with Gasteiger partial charge in [0.2, 0.25) is 0 Å². The summed E-state index contributed by atoms with van der Waals surface area (Å²) in [4.78, 5) is 15.8. The third-order valence-electron chi connectivity index (χ3n) is 8.92. The minimum Gasteiger partial charge on any atom is -0.455 e. The summed E-state index contributed by atoms with van der Waals surface area (Å²) in [5.74, 6) is -5.21. The fourth-order valence-electron chi connectivity index (χ4n) is 7.41. The second-order valence-corrected chi connectivity index (χ2v) is 14.0. The van der Waals surface area contributed by atoms with E-state index in [4.69, 9.17) is 14.2 Å². The second kappa shape index (κ2) is 11.7. The summed E-state index contributed by atoms with van der Waals surface area (Å²) in [5.41, 5.74) is -0.803. The molecule has 1 saturated heterocycles.